The van der Waals surface area contributed by atoms with Crippen LogP contribution < -0.4 is 10.6 Å². The van der Waals surface area contributed by atoms with Crippen LogP contribution in [-0.4, -0.2) is 33.0 Å². The van der Waals surface area contributed by atoms with Crippen LogP contribution in [0.5, 0.6) is 0 Å². The van der Waals surface area contributed by atoms with Gasteiger partial charge in [-0.2, -0.15) is 0 Å². The minimum absolute atomic E-state index is 0.224. The van der Waals surface area contributed by atoms with Crippen molar-refractivity contribution in [2.75, 3.05) is 35.2 Å². The van der Waals surface area contributed by atoms with Gasteiger partial charge in [-0.1, -0.05) is 12.1 Å². The molecule has 0 spiro atoms. The Labute approximate surface area is 89.6 Å². The molecule has 1 fully saturated rings. The van der Waals surface area contributed by atoms with Crippen molar-refractivity contribution in [3.63, 3.8) is 0 Å². The molecule has 1 aromatic rings. The van der Waals surface area contributed by atoms with E-state index in [-0.39, 0.29) is 11.5 Å². The smallest absolute Gasteiger partial charge is 0.153 e. The van der Waals surface area contributed by atoms with Crippen molar-refractivity contribution < 1.29 is 8.42 Å². The number of nitrogen functional groups attached to an aromatic ring is 1. The minimum atomic E-state index is -2.82. The molecule has 1 saturated heterocycles. The predicted molar refractivity (Wildman–Crippen MR) is 61.7 cm³/mol. The van der Waals surface area contributed by atoms with Crippen LogP contribution in [0.3, 0.4) is 0 Å². The van der Waals surface area contributed by atoms with Crippen molar-refractivity contribution >= 4 is 21.2 Å². The van der Waals surface area contributed by atoms with Gasteiger partial charge in [0.25, 0.3) is 0 Å². The van der Waals surface area contributed by atoms with Crippen LogP contribution in [0, 0.1) is 0 Å². The third-order valence-electron chi connectivity index (χ3n) is 2.62. The highest BCUT2D eigenvalue weighted by Gasteiger charge is 2.22. The molecule has 2 rings (SSSR count). The Morgan fingerprint density at radius 2 is 1.73 bits per heavy atom. The Balaban J connectivity index is 2.18. The van der Waals surface area contributed by atoms with Crippen molar-refractivity contribution in [1.29, 1.82) is 0 Å². The summed E-state index contributed by atoms with van der Waals surface area (Å²) in [6, 6.07) is 7.54. The second kappa shape index (κ2) is 3.73. The Morgan fingerprint density at radius 3 is 2.33 bits per heavy atom. The highest BCUT2D eigenvalue weighted by molar-refractivity contribution is 7.91. The molecule has 0 atom stereocenters. The van der Waals surface area contributed by atoms with E-state index < -0.39 is 9.84 Å². The molecule has 1 heterocycles. The molecule has 0 saturated carbocycles. The number of hydrogen-bond donors (Lipinski definition) is 1. The summed E-state index contributed by atoms with van der Waals surface area (Å²) in [4.78, 5) is 2.02. The summed E-state index contributed by atoms with van der Waals surface area (Å²) in [6.07, 6.45) is 0. The highest BCUT2D eigenvalue weighted by atomic mass is 32.2. The van der Waals surface area contributed by atoms with E-state index in [0.717, 1.165) is 5.69 Å². The summed E-state index contributed by atoms with van der Waals surface area (Å²) < 4.78 is 22.5. The number of para-hydroxylation sites is 2. The molecule has 5 heteroatoms. The molecule has 82 valence electrons. The van der Waals surface area contributed by atoms with Gasteiger partial charge in [-0.25, -0.2) is 8.42 Å². The quantitative estimate of drug-likeness (QED) is 0.708. The molecule has 2 N–H and O–H groups in total. The van der Waals surface area contributed by atoms with Crippen molar-refractivity contribution in [2.24, 2.45) is 0 Å². The molecule has 0 aliphatic carbocycles. The molecule has 0 radical (unpaired) electrons. The lowest BCUT2D eigenvalue weighted by Gasteiger charge is -2.29. The van der Waals surface area contributed by atoms with Crippen molar-refractivity contribution in [2.45, 2.75) is 0 Å². The van der Waals surface area contributed by atoms with E-state index in [1.54, 1.807) is 0 Å². The normalized spacial score (nSPS) is 20.1. The maximum atomic E-state index is 11.3. The number of anilines is 2. The van der Waals surface area contributed by atoms with Crippen LogP contribution in [0.1, 0.15) is 0 Å². The van der Waals surface area contributed by atoms with Crippen LogP contribution in [0.4, 0.5) is 11.4 Å². The first-order chi connectivity index (χ1) is 7.08. The monoisotopic (exact) mass is 226 g/mol. The van der Waals surface area contributed by atoms with Crippen molar-refractivity contribution in [1.82, 2.24) is 0 Å². The lowest BCUT2D eigenvalue weighted by atomic mass is 10.2. The first-order valence-corrected chi connectivity index (χ1v) is 6.70. The topological polar surface area (TPSA) is 63.4 Å². The molecular weight excluding hydrogens is 212 g/mol. The van der Waals surface area contributed by atoms with Crippen LogP contribution in [0.15, 0.2) is 24.3 Å². The lowest BCUT2D eigenvalue weighted by Crippen LogP contribution is -2.40. The predicted octanol–water partition coefficient (Wildman–Crippen LogP) is 0.504. The molecule has 15 heavy (non-hydrogen) atoms. The van der Waals surface area contributed by atoms with Crippen molar-refractivity contribution in [3.05, 3.63) is 24.3 Å². The van der Waals surface area contributed by atoms with Gasteiger partial charge in [-0.15, -0.1) is 0 Å². The average molecular weight is 226 g/mol. The molecule has 0 bridgehead atoms. The van der Waals surface area contributed by atoms with Crippen LogP contribution in [-0.2, 0) is 9.84 Å². The molecule has 1 aliphatic heterocycles. The zero-order valence-corrected chi connectivity index (χ0v) is 9.20. The zero-order valence-electron chi connectivity index (χ0n) is 8.39. The average Bonchev–Trinajstić information content (AvgIpc) is 2.19. The first kappa shape index (κ1) is 10.3. The summed E-state index contributed by atoms with van der Waals surface area (Å²) in [5.41, 5.74) is 7.47. The summed E-state index contributed by atoms with van der Waals surface area (Å²) in [5, 5.41) is 0. The van der Waals surface area contributed by atoms with E-state index in [1.165, 1.54) is 0 Å². The Kier molecular flexibility index (Phi) is 2.56. The van der Waals surface area contributed by atoms with E-state index in [9.17, 15) is 8.42 Å². The third-order valence-corrected chi connectivity index (χ3v) is 4.23. The highest BCUT2D eigenvalue weighted by Crippen LogP contribution is 2.23. The largest absolute Gasteiger partial charge is 0.397 e. The Bertz CT molecular complexity index is 442. The number of nitrogens with two attached hydrogens (primary N) is 1. The van der Waals surface area contributed by atoms with E-state index >= 15 is 0 Å². The maximum absolute atomic E-state index is 11.3. The zero-order chi connectivity index (χ0) is 10.9. The minimum Gasteiger partial charge on any atom is -0.397 e. The molecule has 1 aromatic carbocycles. The summed E-state index contributed by atoms with van der Waals surface area (Å²) in [5.74, 6) is 0.447. The van der Waals surface area contributed by atoms with Crippen LogP contribution >= 0.6 is 0 Å². The standard InChI is InChI=1S/C10H14N2O2S/c11-9-3-1-2-4-10(9)12-5-7-15(13,14)8-6-12/h1-4H,5-8,11H2. The summed E-state index contributed by atoms with van der Waals surface area (Å²) in [7, 11) is -2.82. The third kappa shape index (κ3) is 2.23. The number of nitrogens with zero attached hydrogens (tertiary/aromatic N) is 1. The molecule has 4 nitrogen and oxygen atoms in total. The maximum Gasteiger partial charge on any atom is 0.153 e. The number of hydrogen-bond acceptors (Lipinski definition) is 4. The number of sulfone groups is 1. The van der Waals surface area contributed by atoms with Gasteiger partial charge in [0.05, 0.1) is 22.9 Å². The Morgan fingerprint density at radius 1 is 1.13 bits per heavy atom. The fourth-order valence-electron chi connectivity index (χ4n) is 1.73. The van der Waals surface area contributed by atoms with E-state index in [1.807, 2.05) is 29.2 Å². The number of rotatable bonds is 1. The Hall–Kier alpha value is -1.23. The molecule has 0 unspecified atom stereocenters. The summed E-state index contributed by atoms with van der Waals surface area (Å²) >= 11 is 0. The van der Waals surface area contributed by atoms with Gasteiger partial charge in [0, 0.05) is 13.1 Å². The fraction of sp³-hybridized carbons (Fsp3) is 0.400. The molecule has 1 aliphatic rings. The fourth-order valence-corrected chi connectivity index (χ4v) is 2.93. The van der Waals surface area contributed by atoms with Crippen LogP contribution in [0.25, 0.3) is 0 Å². The lowest BCUT2D eigenvalue weighted by molar-refractivity contribution is 0.587. The van der Waals surface area contributed by atoms with Gasteiger partial charge in [0.15, 0.2) is 9.84 Å². The number of benzene rings is 1. The van der Waals surface area contributed by atoms with Crippen LogP contribution in [0.2, 0.25) is 0 Å². The van der Waals surface area contributed by atoms with Gasteiger partial charge in [-0.3, -0.25) is 0 Å². The van der Waals surface area contributed by atoms with Crippen molar-refractivity contribution in [3.8, 4) is 0 Å². The van der Waals surface area contributed by atoms with E-state index in [4.69, 9.17) is 5.73 Å². The molecule has 0 aromatic heterocycles. The van der Waals surface area contributed by atoms with Gasteiger partial charge >= 0.3 is 0 Å². The van der Waals surface area contributed by atoms with E-state index in [2.05, 4.69) is 0 Å². The van der Waals surface area contributed by atoms with Gasteiger partial charge in [-0.05, 0) is 12.1 Å². The SMILES string of the molecule is Nc1ccccc1N1CCS(=O)(=O)CC1. The second-order valence-electron chi connectivity index (χ2n) is 3.70. The van der Waals surface area contributed by atoms with Gasteiger partial charge < -0.3 is 10.6 Å². The summed E-state index contributed by atoms with van der Waals surface area (Å²) in [6.45, 7) is 1.08. The first-order valence-electron chi connectivity index (χ1n) is 4.88. The second-order valence-corrected chi connectivity index (χ2v) is 6.00. The van der Waals surface area contributed by atoms with Gasteiger partial charge in [0.2, 0.25) is 0 Å². The molecular formula is C10H14N2O2S. The molecule has 0 amide bonds. The van der Waals surface area contributed by atoms with Gasteiger partial charge in [0.1, 0.15) is 0 Å². The van der Waals surface area contributed by atoms with E-state index in [0.29, 0.717) is 18.8 Å².